The van der Waals surface area contributed by atoms with E-state index < -0.39 is 10.0 Å². The number of hydrogen-bond donors (Lipinski definition) is 3. The van der Waals surface area contributed by atoms with Crippen molar-refractivity contribution in [3.8, 4) is 5.75 Å². The summed E-state index contributed by atoms with van der Waals surface area (Å²) >= 11 is 3.33. The number of carbonyl (C=O) groups is 2. The summed E-state index contributed by atoms with van der Waals surface area (Å²) in [6, 6.07) is 12.1. The number of sulfonamides is 1. The summed E-state index contributed by atoms with van der Waals surface area (Å²) in [5, 5.41) is 8.25. The van der Waals surface area contributed by atoms with E-state index in [2.05, 4.69) is 21.2 Å². The van der Waals surface area contributed by atoms with E-state index in [1.807, 2.05) is 0 Å². The molecule has 0 radical (unpaired) electrons. The van der Waals surface area contributed by atoms with Crippen LogP contribution in [0, 0.1) is 0 Å². The van der Waals surface area contributed by atoms with Gasteiger partial charge in [-0.3, -0.25) is 9.59 Å². The van der Waals surface area contributed by atoms with Crippen molar-refractivity contribution in [3.63, 3.8) is 0 Å². The molecule has 1 aliphatic rings. The van der Waals surface area contributed by atoms with Crippen molar-refractivity contribution >= 4 is 54.6 Å². The Morgan fingerprint density at radius 3 is 2.13 bits per heavy atom. The van der Waals surface area contributed by atoms with Gasteiger partial charge >= 0.3 is 0 Å². The van der Waals surface area contributed by atoms with E-state index >= 15 is 0 Å². The molecule has 10 heteroatoms. The zero-order chi connectivity index (χ0) is 22.5. The number of ketones is 2. The van der Waals surface area contributed by atoms with Gasteiger partial charge in [-0.15, -0.1) is 0 Å². The van der Waals surface area contributed by atoms with Gasteiger partial charge in [0.2, 0.25) is 10.0 Å². The number of ether oxygens (including phenoxy) is 1. The number of carbonyl (C=O) groups excluding carboxylic acids is 2. The van der Waals surface area contributed by atoms with Crippen LogP contribution in [0.3, 0.4) is 0 Å². The minimum Gasteiger partial charge on any atom is -0.495 e. The molecule has 158 valence electrons. The normalized spacial score (nSPS) is 12.9. The topological polar surface area (TPSA) is 142 Å². The first-order chi connectivity index (χ1) is 14.6. The van der Waals surface area contributed by atoms with Crippen LogP contribution in [0.5, 0.6) is 5.75 Å². The van der Waals surface area contributed by atoms with Gasteiger partial charge in [0.1, 0.15) is 5.75 Å². The maximum absolute atomic E-state index is 13.3. The Morgan fingerprint density at radius 1 is 0.935 bits per heavy atom. The number of nitrogens with one attached hydrogen (secondary N) is 1. The van der Waals surface area contributed by atoms with Gasteiger partial charge in [0.05, 0.1) is 40.2 Å². The summed E-state index contributed by atoms with van der Waals surface area (Å²) < 4.78 is 29.3. The summed E-state index contributed by atoms with van der Waals surface area (Å²) in [6.45, 7) is 0. The molecule has 0 aromatic heterocycles. The second-order valence-electron chi connectivity index (χ2n) is 6.81. The highest BCUT2D eigenvalue weighted by molar-refractivity contribution is 9.10. The van der Waals surface area contributed by atoms with Crippen LogP contribution >= 0.6 is 15.9 Å². The summed E-state index contributed by atoms with van der Waals surface area (Å²) in [6.07, 6.45) is 0. The highest BCUT2D eigenvalue weighted by Gasteiger charge is 2.34. The number of halogens is 1. The number of methoxy groups -OCH3 is 1. The Labute approximate surface area is 186 Å². The second kappa shape index (κ2) is 7.49. The third kappa shape index (κ3) is 3.48. The third-order valence-electron chi connectivity index (χ3n) is 4.96. The highest BCUT2D eigenvalue weighted by Crippen LogP contribution is 2.41. The van der Waals surface area contributed by atoms with Gasteiger partial charge in [-0.05, 0) is 40.2 Å². The Hall–Kier alpha value is -3.21. The molecule has 0 bridgehead atoms. The quantitative estimate of drug-likeness (QED) is 0.364. The zero-order valence-corrected chi connectivity index (χ0v) is 18.5. The van der Waals surface area contributed by atoms with Crippen molar-refractivity contribution in [2.45, 2.75) is 4.90 Å². The van der Waals surface area contributed by atoms with E-state index in [1.165, 1.54) is 25.3 Å². The largest absolute Gasteiger partial charge is 0.495 e. The van der Waals surface area contributed by atoms with Gasteiger partial charge in [0.25, 0.3) is 0 Å². The fourth-order valence-electron chi connectivity index (χ4n) is 3.49. The van der Waals surface area contributed by atoms with E-state index in [-0.39, 0.29) is 55.8 Å². The van der Waals surface area contributed by atoms with Crippen molar-refractivity contribution in [2.24, 2.45) is 5.14 Å². The molecule has 1 aliphatic carbocycles. The van der Waals surface area contributed by atoms with Crippen LogP contribution in [-0.2, 0) is 10.0 Å². The van der Waals surface area contributed by atoms with Crippen molar-refractivity contribution in [2.75, 3.05) is 18.2 Å². The molecular formula is C21H16BrN3O5S. The molecule has 0 atom stereocenters. The van der Waals surface area contributed by atoms with Gasteiger partial charge in [-0.2, -0.15) is 0 Å². The molecule has 4 rings (SSSR count). The van der Waals surface area contributed by atoms with Gasteiger partial charge in [0.15, 0.2) is 11.6 Å². The maximum atomic E-state index is 13.3. The summed E-state index contributed by atoms with van der Waals surface area (Å²) in [5.41, 5.74) is 7.47. The van der Waals surface area contributed by atoms with Gasteiger partial charge in [0, 0.05) is 15.6 Å². The molecule has 5 N–H and O–H groups in total. The Bertz CT molecular complexity index is 1390. The van der Waals surface area contributed by atoms with E-state index in [4.69, 9.17) is 15.6 Å². The fourth-order valence-corrected chi connectivity index (χ4v) is 4.46. The molecule has 0 fully saturated rings. The van der Waals surface area contributed by atoms with Crippen molar-refractivity contribution < 1.29 is 22.7 Å². The van der Waals surface area contributed by atoms with Crippen LogP contribution in [0.25, 0.3) is 0 Å². The second-order valence-corrected chi connectivity index (χ2v) is 9.22. The van der Waals surface area contributed by atoms with Crippen LogP contribution in [0.15, 0.2) is 57.9 Å². The lowest BCUT2D eigenvalue weighted by atomic mass is 9.82. The van der Waals surface area contributed by atoms with Crippen LogP contribution in [0.1, 0.15) is 31.8 Å². The average molecular weight is 502 g/mol. The third-order valence-corrected chi connectivity index (χ3v) is 6.52. The summed E-state index contributed by atoms with van der Waals surface area (Å²) in [4.78, 5) is 26.3. The van der Waals surface area contributed by atoms with E-state index in [0.29, 0.717) is 10.2 Å². The minimum atomic E-state index is -3.98. The first kappa shape index (κ1) is 21.0. The number of benzene rings is 3. The molecule has 0 saturated heterocycles. The molecule has 0 unspecified atom stereocenters. The molecule has 0 aliphatic heterocycles. The molecular weight excluding hydrogens is 486 g/mol. The molecule has 0 spiro atoms. The number of fused-ring (bicyclic) bond motifs is 2. The number of hydrogen-bond acceptors (Lipinski definition) is 7. The summed E-state index contributed by atoms with van der Waals surface area (Å²) in [5.74, 6) is -0.449. The van der Waals surface area contributed by atoms with Crippen LogP contribution in [0.4, 0.5) is 17.1 Å². The van der Waals surface area contributed by atoms with E-state index in [9.17, 15) is 18.0 Å². The first-order valence-corrected chi connectivity index (χ1v) is 11.3. The molecule has 3 aromatic carbocycles. The number of primary sulfonamides is 1. The fraction of sp³-hybridized carbons (Fsp3) is 0.0476. The highest BCUT2D eigenvalue weighted by atomic mass is 79.9. The standard InChI is InChI=1S/C21H16BrN3O5S/c1-30-16-7-6-10(31(24,28)29)8-14(16)25-15-9-13(22)19(23)18-17(15)20(26)11-4-2-3-5-12(11)21(18)27/h2-9,25H,23H2,1H3,(H2,24,28,29). The minimum absolute atomic E-state index is 0.0714. The molecule has 0 amide bonds. The Morgan fingerprint density at radius 2 is 1.55 bits per heavy atom. The number of nitrogen functional groups attached to an aromatic ring is 1. The van der Waals surface area contributed by atoms with Crippen LogP contribution in [-0.4, -0.2) is 27.1 Å². The van der Waals surface area contributed by atoms with E-state index in [1.54, 1.807) is 30.3 Å². The lowest BCUT2D eigenvalue weighted by Gasteiger charge is -2.23. The molecule has 0 saturated carbocycles. The maximum Gasteiger partial charge on any atom is 0.238 e. The molecule has 8 nitrogen and oxygen atoms in total. The predicted octanol–water partition coefficient (Wildman–Crippen LogP) is 3.21. The van der Waals surface area contributed by atoms with Crippen molar-refractivity contribution in [1.29, 1.82) is 0 Å². The predicted molar refractivity (Wildman–Crippen MR) is 120 cm³/mol. The smallest absolute Gasteiger partial charge is 0.238 e. The van der Waals surface area contributed by atoms with Gasteiger partial charge in [-0.25, -0.2) is 13.6 Å². The zero-order valence-electron chi connectivity index (χ0n) is 16.1. The van der Waals surface area contributed by atoms with Crippen molar-refractivity contribution in [3.05, 3.63) is 75.3 Å². The SMILES string of the molecule is COc1ccc(S(N)(=O)=O)cc1Nc1cc(Br)c(N)c2c1C(=O)c1ccccc1C2=O. The van der Waals surface area contributed by atoms with Gasteiger partial charge in [-0.1, -0.05) is 24.3 Å². The Kier molecular flexibility index (Phi) is 5.08. The van der Waals surface area contributed by atoms with E-state index in [0.717, 1.165) is 0 Å². The number of rotatable bonds is 4. The molecule has 0 heterocycles. The monoisotopic (exact) mass is 501 g/mol. The average Bonchev–Trinajstić information content (AvgIpc) is 2.73. The van der Waals surface area contributed by atoms with Crippen LogP contribution in [0.2, 0.25) is 0 Å². The summed E-state index contributed by atoms with van der Waals surface area (Å²) in [7, 11) is -2.57. The van der Waals surface area contributed by atoms with Crippen LogP contribution < -0.4 is 20.9 Å². The van der Waals surface area contributed by atoms with Crippen molar-refractivity contribution in [1.82, 2.24) is 0 Å². The number of anilines is 3. The molecule has 31 heavy (non-hydrogen) atoms. The number of nitrogens with two attached hydrogens (primary N) is 2. The van der Waals surface area contributed by atoms with Gasteiger partial charge < -0.3 is 15.8 Å². The first-order valence-electron chi connectivity index (χ1n) is 8.91. The molecule has 3 aromatic rings. The lowest BCUT2D eigenvalue weighted by molar-refractivity contribution is 0.0980. The Balaban J connectivity index is 1.94. The lowest BCUT2D eigenvalue weighted by Crippen LogP contribution is -2.24.